The van der Waals surface area contributed by atoms with Crippen molar-refractivity contribution in [1.82, 2.24) is 15.0 Å². The second-order valence-corrected chi connectivity index (χ2v) is 4.86. The SMILES string of the molecule is CCCNc1nc(Cl)nc(Nc2cc(C#N)ccc2Cl)n1. The number of anilines is 3. The van der Waals surface area contributed by atoms with Gasteiger partial charge in [0.05, 0.1) is 22.3 Å². The fourth-order valence-corrected chi connectivity index (χ4v) is 1.86. The summed E-state index contributed by atoms with van der Waals surface area (Å²) in [5, 5.41) is 15.4. The van der Waals surface area contributed by atoms with Gasteiger partial charge in [-0.1, -0.05) is 18.5 Å². The Balaban J connectivity index is 2.27. The molecule has 0 fully saturated rings. The summed E-state index contributed by atoms with van der Waals surface area (Å²) >= 11 is 11.9. The summed E-state index contributed by atoms with van der Waals surface area (Å²) < 4.78 is 0. The molecule has 0 bridgehead atoms. The van der Waals surface area contributed by atoms with Crippen LogP contribution in [0.15, 0.2) is 18.2 Å². The van der Waals surface area contributed by atoms with Crippen molar-refractivity contribution in [3.63, 3.8) is 0 Å². The Morgan fingerprint density at radius 2 is 1.95 bits per heavy atom. The summed E-state index contributed by atoms with van der Waals surface area (Å²) in [4.78, 5) is 12.2. The van der Waals surface area contributed by atoms with E-state index < -0.39 is 0 Å². The van der Waals surface area contributed by atoms with E-state index >= 15 is 0 Å². The molecule has 0 amide bonds. The third-order valence-corrected chi connectivity index (χ3v) is 2.98. The Bertz CT molecular complexity index is 683. The summed E-state index contributed by atoms with van der Waals surface area (Å²) in [5.74, 6) is 0.637. The Kier molecular flexibility index (Phi) is 5.14. The van der Waals surface area contributed by atoms with Gasteiger partial charge < -0.3 is 10.6 Å². The number of nitrogens with zero attached hydrogens (tertiary/aromatic N) is 4. The first-order valence-corrected chi connectivity index (χ1v) is 7.00. The second-order valence-electron chi connectivity index (χ2n) is 4.11. The zero-order chi connectivity index (χ0) is 15.2. The Labute approximate surface area is 132 Å². The third kappa shape index (κ3) is 4.18. The van der Waals surface area contributed by atoms with Crippen LogP contribution in [-0.2, 0) is 0 Å². The van der Waals surface area contributed by atoms with E-state index in [0.717, 1.165) is 13.0 Å². The Hall–Kier alpha value is -2.10. The van der Waals surface area contributed by atoms with Crippen molar-refractivity contribution in [2.45, 2.75) is 13.3 Å². The quantitative estimate of drug-likeness (QED) is 0.874. The Morgan fingerprint density at radius 1 is 1.19 bits per heavy atom. The number of nitriles is 1. The van der Waals surface area contributed by atoms with Crippen molar-refractivity contribution in [3.05, 3.63) is 34.1 Å². The van der Waals surface area contributed by atoms with E-state index in [1.54, 1.807) is 18.2 Å². The highest BCUT2D eigenvalue weighted by atomic mass is 35.5. The van der Waals surface area contributed by atoms with Crippen molar-refractivity contribution in [2.24, 2.45) is 0 Å². The number of benzene rings is 1. The molecule has 1 aromatic carbocycles. The Morgan fingerprint density at radius 3 is 2.67 bits per heavy atom. The van der Waals surface area contributed by atoms with Crippen molar-refractivity contribution < 1.29 is 0 Å². The van der Waals surface area contributed by atoms with Gasteiger partial charge in [0.15, 0.2) is 0 Å². The molecular formula is C13H12Cl2N6. The van der Waals surface area contributed by atoms with E-state index in [9.17, 15) is 0 Å². The lowest BCUT2D eigenvalue weighted by Gasteiger charge is -2.09. The highest BCUT2D eigenvalue weighted by molar-refractivity contribution is 6.33. The molecule has 0 spiro atoms. The molecule has 8 heteroatoms. The molecule has 0 aliphatic heterocycles. The molecule has 6 nitrogen and oxygen atoms in total. The molecule has 0 saturated carbocycles. The van der Waals surface area contributed by atoms with Crippen molar-refractivity contribution in [1.29, 1.82) is 5.26 Å². The number of hydrogen-bond donors (Lipinski definition) is 2. The normalized spacial score (nSPS) is 10.0. The maximum atomic E-state index is 8.91. The van der Waals surface area contributed by atoms with Crippen LogP contribution >= 0.6 is 23.2 Å². The third-order valence-electron chi connectivity index (χ3n) is 2.48. The molecule has 2 N–H and O–H groups in total. The molecule has 0 atom stereocenters. The van der Waals surface area contributed by atoms with E-state index in [0.29, 0.717) is 22.2 Å². The predicted molar refractivity (Wildman–Crippen MR) is 83.1 cm³/mol. The van der Waals surface area contributed by atoms with Crippen LogP contribution in [0.25, 0.3) is 0 Å². The number of halogens is 2. The smallest absolute Gasteiger partial charge is 0.233 e. The lowest BCUT2D eigenvalue weighted by molar-refractivity contribution is 0.940. The first kappa shape index (κ1) is 15.3. The molecule has 0 aliphatic rings. The molecule has 0 unspecified atom stereocenters. The molecule has 1 heterocycles. The lowest BCUT2D eigenvalue weighted by atomic mass is 10.2. The van der Waals surface area contributed by atoms with Gasteiger partial charge in [0.1, 0.15) is 0 Å². The summed E-state index contributed by atoms with van der Waals surface area (Å²) in [6.07, 6.45) is 0.933. The first-order chi connectivity index (χ1) is 10.1. The second kappa shape index (κ2) is 7.07. The molecule has 0 saturated heterocycles. The monoisotopic (exact) mass is 322 g/mol. The minimum atomic E-state index is 0.0682. The van der Waals surface area contributed by atoms with Gasteiger partial charge in [-0.15, -0.1) is 0 Å². The molecule has 21 heavy (non-hydrogen) atoms. The van der Waals surface area contributed by atoms with Gasteiger partial charge in [-0.3, -0.25) is 0 Å². The topological polar surface area (TPSA) is 86.5 Å². The molecular weight excluding hydrogens is 311 g/mol. The van der Waals surface area contributed by atoms with Gasteiger partial charge in [-0.2, -0.15) is 20.2 Å². The molecule has 108 valence electrons. The van der Waals surface area contributed by atoms with Gasteiger partial charge in [0.25, 0.3) is 0 Å². The van der Waals surface area contributed by atoms with Crippen molar-refractivity contribution in [3.8, 4) is 6.07 Å². The van der Waals surface area contributed by atoms with Crippen LogP contribution in [0.1, 0.15) is 18.9 Å². The fraction of sp³-hybridized carbons (Fsp3) is 0.231. The maximum absolute atomic E-state index is 8.91. The van der Waals surface area contributed by atoms with E-state index in [2.05, 4.69) is 25.6 Å². The molecule has 2 aromatic rings. The molecule has 0 aliphatic carbocycles. The van der Waals surface area contributed by atoms with Crippen LogP contribution in [0.5, 0.6) is 0 Å². The van der Waals surface area contributed by atoms with E-state index in [-0.39, 0.29) is 11.2 Å². The van der Waals surface area contributed by atoms with Crippen LogP contribution in [0.3, 0.4) is 0 Å². The fourth-order valence-electron chi connectivity index (χ4n) is 1.53. The molecule has 1 aromatic heterocycles. The number of nitrogens with one attached hydrogen (secondary N) is 2. The van der Waals surface area contributed by atoms with Gasteiger partial charge in [0, 0.05) is 6.54 Å². The number of aromatic nitrogens is 3. The van der Waals surface area contributed by atoms with Gasteiger partial charge in [-0.25, -0.2) is 0 Å². The summed E-state index contributed by atoms with van der Waals surface area (Å²) in [6, 6.07) is 6.90. The van der Waals surface area contributed by atoms with Gasteiger partial charge in [-0.05, 0) is 36.2 Å². The summed E-state index contributed by atoms with van der Waals surface area (Å²) in [5.41, 5.74) is 1.01. The summed E-state index contributed by atoms with van der Waals surface area (Å²) in [6.45, 7) is 2.76. The van der Waals surface area contributed by atoms with Gasteiger partial charge >= 0.3 is 0 Å². The lowest BCUT2D eigenvalue weighted by Crippen LogP contribution is -2.08. The van der Waals surface area contributed by atoms with Crippen LogP contribution < -0.4 is 10.6 Å². The predicted octanol–water partition coefficient (Wildman–Crippen LogP) is 3.62. The number of hydrogen-bond acceptors (Lipinski definition) is 6. The largest absolute Gasteiger partial charge is 0.354 e. The first-order valence-electron chi connectivity index (χ1n) is 6.24. The average molecular weight is 323 g/mol. The van der Waals surface area contributed by atoms with Crippen LogP contribution in [-0.4, -0.2) is 21.5 Å². The van der Waals surface area contributed by atoms with Crippen LogP contribution in [0, 0.1) is 11.3 Å². The minimum absolute atomic E-state index is 0.0682. The minimum Gasteiger partial charge on any atom is -0.354 e. The van der Waals surface area contributed by atoms with E-state index in [1.807, 2.05) is 13.0 Å². The van der Waals surface area contributed by atoms with Crippen molar-refractivity contribution in [2.75, 3.05) is 17.2 Å². The van der Waals surface area contributed by atoms with Crippen molar-refractivity contribution >= 4 is 40.8 Å². The van der Waals surface area contributed by atoms with E-state index in [1.165, 1.54) is 0 Å². The van der Waals surface area contributed by atoms with Crippen LogP contribution in [0.4, 0.5) is 17.6 Å². The highest BCUT2D eigenvalue weighted by Gasteiger charge is 2.08. The highest BCUT2D eigenvalue weighted by Crippen LogP contribution is 2.25. The average Bonchev–Trinajstić information content (AvgIpc) is 2.47. The maximum Gasteiger partial charge on any atom is 0.233 e. The molecule has 2 rings (SSSR count). The number of rotatable bonds is 5. The zero-order valence-electron chi connectivity index (χ0n) is 11.2. The standard InChI is InChI=1S/C13H12Cl2N6/c1-2-5-17-12-19-11(15)20-13(21-12)18-10-6-8(7-16)3-4-9(10)14/h3-4,6H,2,5H2,1H3,(H2,17,18,19,20,21). The van der Waals surface area contributed by atoms with E-state index in [4.69, 9.17) is 28.5 Å². The van der Waals surface area contributed by atoms with Gasteiger partial charge in [0.2, 0.25) is 17.2 Å². The van der Waals surface area contributed by atoms with Crippen LogP contribution in [0.2, 0.25) is 10.3 Å². The molecule has 0 radical (unpaired) electrons. The zero-order valence-corrected chi connectivity index (χ0v) is 12.7. The summed E-state index contributed by atoms with van der Waals surface area (Å²) in [7, 11) is 0.